The van der Waals surface area contributed by atoms with Gasteiger partial charge in [0.1, 0.15) is 10.7 Å². The maximum atomic E-state index is 13.5. The number of hydrogen-bond donors (Lipinski definition) is 1. The van der Waals surface area contributed by atoms with Crippen molar-refractivity contribution in [2.24, 2.45) is 0 Å². The molecule has 1 aromatic carbocycles. The van der Waals surface area contributed by atoms with E-state index in [0.717, 1.165) is 51.7 Å². The van der Waals surface area contributed by atoms with Crippen LogP contribution in [0.15, 0.2) is 47.3 Å². The molecule has 7 heteroatoms. The summed E-state index contributed by atoms with van der Waals surface area (Å²) in [6.07, 6.45) is 3.88. The predicted octanol–water partition coefficient (Wildman–Crippen LogP) is 5.49. The van der Waals surface area contributed by atoms with E-state index >= 15 is 0 Å². The lowest BCUT2D eigenvalue weighted by molar-refractivity contribution is -0.123. The van der Waals surface area contributed by atoms with Crippen molar-refractivity contribution in [2.75, 3.05) is 13.1 Å². The number of benzene rings is 1. The smallest absolute Gasteiger partial charge is 0.260 e. The van der Waals surface area contributed by atoms with Gasteiger partial charge < -0.3 is 9.88 Å². The third-order valence-electron chi connectivity index (χ3n) is 5.89. The zero-order valence-corrected chi connectivity index (χ0v) is 19.6. The molecule has 0 bridgehead atoms. The van der Waals surface area contributed by atoms with E-state index < -0.39 is 0 Å². The first-order valence-corrected chi connectivity index (χ1v) is 12.3. The maximum Gasteiger partial charge on any atom is 0.260 e. The Morgan fingerprint density at radius 3 is 2.56 bits per heavy atom. The quantitative estimate of drug-likeness (QED) is 0.409. The topological polar surface area (TPSA) is 66.1 Å². The van der Waals surface area contributed by atoms with Gasteiger partial charge in [0.15, 0.2) is 0 Å². The lowest BCUT2D eigenvalue weighted by Crippen LogP contribution is -2.29. The number of aromatic amines is 1. The highest BCUT2D eigenvalue weighted by molar-refractivity contribution is 7.18. The van der Waals surface area contributed by atoms with E-state index in [2.05, 4.69) is 23.2 Å². The SMILES string of the molecule is Cc1sc2nc(/C(=C\c3ccc(-c4ccccc4)s3)C(=O)N3CCCC3)[nH]c(=O)c2c1C. The van der Waals surface area contributed by atoms with Gasteiger partial charge in [0.05, 0.1) is 11.0 Å². The van der Waals surface area contributed by atoms with Crippen LogP contribution in [-0.2, 0) is 4.79 Å². The molecule has 1 amide bonds. The van der Waals surface area contributed by atoms with Crippen molar-refractivity contribution in [2.45, 2.75) is 26.7 Å². The molecule has 1 N–H and O–H groups in total. The van der Waals surface area contributed by atoms with Crippen molar-refractivity contribution >= 4 is 50.4 Å². The molecule has 1 aliphatic heterocycles. The van der Waals surface area contributed by atoms with Crippen LogP contribution < -0.4 is 5.56 Å². The summed E-state index contributed by atoms with van der Waals surface area (Å²) in [5.74, 6) is 0.264. The molecule has 162 valence electrons. The van der Waals surface area contributed by atoms with E-state index in [-0.39, 0.29) is 11.5 Å². The molecule has 0 aliphatic carbocycles. The van der Waals surface area contributed by atoms with Crippen LogP contribution in [0.4, 0.5) is 0 Å². The van der Waals surface area contributed by atoms with Crippen molar-refractivity contribution in [3.05, 3.63) is 74.0 Å². The van der Waals surface area contributed by atoms with E-state index in [0.29, 0.717) is 21.6 Å². The van der Waals surface area contributed by atoms with Crippen LogP contribution in [-0.4, -0.2) is 33.9 Å². The monoisotopic (exact) mass is 461 g/mol. The summed E-state index contributed by atoms with van der Waals surface area (Å²) in [7, 11) is 0. The molecular formula is C25H23N3O2S2. The third-order valence-corrected chi connectivity index (χ3v) is 8.07. The fourth-order valence-electron chi connectivity index (χ4n) is 4.03. The molecule has 4 heterocycles. The van der Waals surface area contributed by atoms with Crippen LogP contribution in [0.25, 0.3) is 32.3 Å². The molecule has 0 spiro atoms. The van der Waals surface area contributed by atoms with Gasteiger partial charge >= 0.3 is 0 Å². The van der Waals surface area contributed by atoms with Crippen LogP contribution in [0.1, 0.15) is 34.0 Å². The second-order valence-electron chi connectivity index (χ2n) is 8.00. The summed E-state index contributed by atoms with van der Waals surface area (Å²) in [6, 6.07) is 14.3. The number of nitrogens with zero attached hydrogens (tertiary/aromatic N) is 2. The van der Waals surface area contributed by atoms with Gasteiger partial charge in [0.25, 0.3) is 11.5 Å². The number of thiophene rings is 2. The first-order chi connectivity index (χ1) is 15.5. The highest BCUT2D eigenvalue weighted by atomic mass is 32.1. The molecule has 1 saturated heterocycles. The molecule has 1 fully saturated rings. The molecule has 0 unspecified atom stereocenters. The number of nitrogens with one attached hydrogen (secondary N) is 1. The Bertz CT molecular complexity index is 1390. The van der Waals surface area contributed by atoms with Crippen molar-refractivity contribution in [1.29, 1.82) is 0 Å². The van der Waals surface area contributed by atoms with Crippen LogP contribution in [0.3, 0.4) is 0 Å². The summed E-state index contributed by atoms with van der Waals surface area (Å²) in [4.78, 5) is 39.6. The average molecular weight is 462 g/mol. The second kappa shape index (κ2) is 8.48. The zero-order valence-electron chi connectivity index (χ0n) is 18.0. The zero-order chi connectivity index (χ0) is 22.2. The lowest BCUT2D eigenvalue weighted by atomic mass is 10.1. The van der Waals surface area contributed by atoms with Gasteiger partial charge in [-0.05, 0) is 56.0 Å². The number of aryl methyl sites for hydroxylation is 2. The van der Waals surface area contributed by atoms with Crippen molar-refractivity contribution < 1.29 is 4.79 Å². The van der Waals surface area contributed by atoms with E-state index in [1.165, 1.54) is 11.3 Å². The van der Waals surface area contributed by atoms with E-state index in [1.54, 1.807) is 11.3 Å². The Hall–Kier alpha value is -3.03. The van der Waals surface area contributed by atoms with Gasteiger partial charge in [-0.2, -0.15) is 0 Å². The van der Waals surface area contributed by atoms with Gasteiger partial charge in [-0.3, -0.25) is 9.59 Å². The summed E-state index contributed by atoms with van der Waals surface area (Å²) >= 11 is 3.11. The average Bonchev–Trinajstić information content (AvgIpc) is 3.54. The number of rotatable bonds is 4. The molecule has 0 atom stereocenters. The number of likely N-dealkylation sites (tertiary alicyclic amines) is 1. The fraction of sp³-hybridized carbons (Fsp3) is 0.240. The summed E-state index contributed by atoms with van der Waals surface area (Å²) < 4.78 is 0. The predicted molar refractivity (Wildman–Crippen MR) is 133 cm³/mol. The summed E-state index contributed by atoms with van der Waals surface area (Å²) in [5, 5.41) is 0.617. The Kier molecular flexibility index (Phi) is 5.53. The minimum absolute atomic E-state index is 0.0790. The first kappa shape index (κ1) is 20.8. The Morgan fingerprint density at radius 1 is 1.06 bits per heavy atom. The highest BCUT2D eigenvalue weighted by Gasteiger charge is 2.25. The van der Waals surface area contributed by atoms with Crippen molar-refractivity contribution in [1.82, 2.24) is 14.9 Å². The number of amides is 1. The molecule has 5 rings (SSSR count). The van der Waals surface area contributed by atoms with Crippen LogP contribution in [0.2, 0.25) is 0 Å². The standard InChI is InChI=1S/C25H23N3O2S2/c1-15-16(2)31-24-21(15)23(29)26-22(27-24)19(25(30)28-12-6-7-13-28)14-18-10-11-20(32-18)17-8-4-3-5-9-17/h3-5,8-11,14H,6-7,12-13H2,1-2H3,(H,26,27,29)/b19-14+. The number of aromatic nitrogens is 2. The van der Waals surface area contributed by atoms with Crippen molar-refractivity contribution in [3.8, 4) is 10.4 Å². The van der Waals surface area contributed by atoms with E-state index in [1.807, 2.05) is 49.1 Å². The normalized spacial score (nSPS) is 14.4. The molecule has 0 radical (unpaired) electrons. The first-order valence-electron chi connectivity index (χ1n) is 10.7. The molecule has 5 nitrogen and oxygen atoms in total. The van der Waals surface area contributed by atoms with Crippen LogP contribution >= 0.6 is 22.7 Å². The summed E-state index contributed by atoms with van der Waals surface area (Å²) in [5.41, 5.74) is 2.34. The number of fused-ring (bicyclic) bond motifs is 1. The lowest BCUT2D eigenvalue weighted by Gasteiger charge is -2.17. The van der Waals surface area contributed by atoms with E-state index in [9.17, 15) is 9.59 Å². The Balaban J connectivity index is 1.62. The maximum absolute atomic E-state index is 13.5. The third kappa shape index (κ3) is 3.82. The summed E-state index contributed by atoms with van der Waals surface area (Å²) in [6.45, 7) is 5.40. The van der Waals surface area contributed by atoms with Gasteiger partial charge in [-0.1, -0.05) is 30.3 Å². The molecule has 1 aliphatic rings. The Labute approximate surface area is 194 Å². The largest absolute Gasteiger partial charge is 0.339 e. The molecule has 3 aromatic heterocycles. The van der Waals surface area contributed by atoms with Gasteiger partial charge in [-0.25, -0.2) is 4.98 Å². The Morgan fingerprint density at radius 2 is 1.81 bits per heavy atom. The number of H-pyrrole nitrogens is 1. The fourth-order valence-corrected chi connectivity index (χ4v) is 6.02. The molecular weight excluding hydrogens is 438 g/mol. The van der Waals surface area contributed by atoms with Gasteiger partial charge in [0.2, 0.25) is 0 Å². The number of hydrogen-bond acceptors (Lipinski definition) is 5. The molecule has 4 aromatic rings. The minimum atomic E-state index is -0.192. The second-order valence-corrected chi connectivity index (χ2v) is 10.3. The van der Waals surface area contributed by atoms with Crippen LogP contribution in [0, 0.1) is 13.8 Å². The van der Waals surface area contributed by atoms with E-state index in [4.69, 9.17) is 4.98 Å². The van der Waals surface area contributed by atoms with Crippen LogP contribution in [0.5, 0.6) is 0 Å². The van der Waals surface area contributed by atoms with Gasteiger partial charge in [-0.15, -0.1) is 22.7 Å². The minimum Gasteiger partial charge on any atom is -0.339 e. The highest BCUT2D eigenvalue weighted by Crippen LogP contribution is 2.32. The van der Waals surface area contributed by atoms with Gasteiger partial charge in [0, 0.05) is 27.7 Å². The molecule has 0 saturated carbocycles. The number of carbonyl (C=O) groups excluding carboxylic acids is 1. The number of carbonyl (C=O) groups is 1. The molecule has 32 heavy (non-hydrogen) atoms. The van der Waals surface area contributed by atoms with Crippen molar-refractivity contribution in [3.63, 3.8) is 0 Å².